The summed E-state index contributed by atoms with van der Waals surface area (Å²) in [5.74, 6) is -0.891. The molecule has 3 rings (SSSR count). The first-order valence-corrected chi connectivity index (χ1v) is 5.32. The van der Waals surface area contributed by atoms with Crippen molar-refractivity contribution in [1.29, 1.82) is 0 Å². The number of aromatic amines is 1. The number of carboxylic acids is 1. The number of aliphatic carboxylic acids is 1. The van der Waals surface area contributed by atoms with Gasteiger partial charge in [-0.15, -0.1) is 0 Å². The summed E-state index contributed by atoms with van der Waals surface area (Å²) >= 11 is 0. The molecular formula is C10H10N6O2. The Kier molecular flexibility index (Phi) is 2.41. The number of aromatic nitrogens is 5. The van der Waals surface area contributed by atoms with Gasteiger partial charge in [0.1, 0.15) is 11.8 Å². The predicted octanol–water partition coefficient (Wildman–Crippen LogP) is -0.220. The van der Waals surface area contributed by atoms with Gasteiger partial charge in [0, 0.05) is 6.54 Å². The van der Waals surface area contributed by atoms with Gasteiger partial charge in [0.15, 0.2) is 11.3 Å². The zero-order valence-electron chi connectivity index (χ0n) is 9.29. The lowest BCUT2D eigenvalue weighted by Gasteiger charge is -2.01. The van der Waals surface area contributed by atoms with E-state index in [9.17, 15) is 4.79 Å². The minimum absolute atomic E-state index is 0.0903. The Bertz CT molecular complexity index is 715. The number of nitrogens with one attached hydrogen (secondary N) is 2. The van der Waals surface area contributed by atoms with Crippen LogP contribution in [0.4, 0.5) is 0 Å². The van der Waals surface area contributed by atoms with Crippen molar-refractivity contribution in [2.75, 3.05) is 6.54 Å². The lowest BCUT2D eigenvalue weighted by molar-refractivity contribution is -0.136. The Morgan fingerprint density at radius 2 is 2.33 bits per heavy atom. The molecule has 0 aliphatic carbocycles. The molecule has 8 heteroatoms. The monoisotopic (exact) mass is 246 g/mol. The van der Waals surface area contributed by atoms with Crippen LogP contribution in [-0.4, -0.2) is 42.0 Å². The fraction of sp³-hybridized carbons (Fsp3) is 0.200. The summed E-state index contributed by atoms with van der Waals surface area (Å²) in [4.78, 5) is 25.9. The highest BCUT2D eigenvalue weighted by Crippen LogP contribution is 2.14. The van der Waals surface area contributed by atoms with Gasteiger partial charge in [-0.2, -0.15) is 0 Å². The van der Waals surface area contributed by atoms with Crippen LogP contribution in [0.5, 0.6) is 0 Å². The smallest absolute Gasteiger partial charge is 0.317 e. The number of imidazole rings is 2. The molecule has 3 N–H and O–H groups in total. The number of rotatable bonds is 4. The van der Waals surface area contributed by atoms with E-state index in [-0.39, 0.29) is 6.54 Å². The van der Waals surface area contributed by atoms with E-state index in [0.717, 1.165) is 16.9 Å². The molecule has 0 saturated heterocycles. The number of H-pyrrole nitrogens is 1. The Hall–Kier alpha value is -2.48. The van der Waals surface area contributed by atoms with Crippen LogP contribution < -0.4 is 5.32 Å². The lowest BCUT2D eigenvalue weighted by atomic mass is 10.4. The molecule has 0 radical (unpaired) electrons. The van der Waals surface area contributed by atoms with Crippen LogP contribution in [0.3, 0.4) is 0 Å². The number of hydrogen-bond donors (Lipinski definition) is 3. The predicted molar refractivity (Wildman–Crippen MR) is 62.0 cm³/mol. The van der Waals surface area contributed by atoms with Crippen LogP contribution in [0.25, 0.3) is 16.8 Å². The first-order valence-electron chi connectivity index (χ1n) is 5.32. The van der Waals surface area contributed by atoms with E-state index in [4.69, 9.17) is 5.11 Å². The van der Waals surface area contributed by atoms with E-state index in [1.165, 1.54) is 0 Å². The van der Waals surface area contributed by atoms with Gasteiger partial charge in [0.25, 0.3) is 0 Å². The van der Waals surface area contributed by atoms with E-state index in [2.05, 4.69) is 25.3 Å². The Balaban J connectivity index is 1.96. The van der Waals surface area contributed by atoms with Crippen molar-refractivity contribution in [3.8, 4) is 0 Å². The summed E-state index contributed by atoms with van der Waals surface area (Å²) in [6.45, 7) is 0.321. The molecule has 0 saturated carbocycles. The lowest BCUT2D eigenvalue weighted by Crippen LogP contribution is -2.22. The molecule has 92 valence electrons. The first kappa shape index (κ1) is 10.7. The fourth-order valence-corrected chi connectivity index (χ4v) is 1.80. The van der Waals surface area contributed by atoms with Crippen molar-refractivity contribution in [1.82, 2.24) is 29.7 Å². The molecule has 0 atom stereocenters. The summed E-state index contributed by atoms with van der Waals surface area (Å²) in [5.41, 5.74) is 2.94. The second-order valence-corrected chi connectivity index (χ2v) is 3.79. The van der Waals surface area contributed by atoms with Gasteiger partial charge in [0.05, 0.1) is 24.8 Å². The molecule has 3 heterocycles. The molecule has 0 amide bonds. The van der Waals surface area contributed by atoms with Crippen LogP contribution in [0.1, 0.15) is 5.69 Å². The first-order chi connectivity index (χ1) is 8.75. The minimum atomic E-state index is -0.891. The third-order valence-corrected chi connectivity index (χ3v) is 2.59. The second kappa shape index (κ2) is 4.08. The van der Waals surface area contributed by atoms with Gasteiger partial charge in [-0.3, -0.25) is 9.20 Å². The van der Waals surface area contributed by atoms with Crippen molar-refractivity contribution in [2.24, 2.45) is 0 Å². The average molecular weight is 246 g/mol. The second-order valence-electron chi connectivity index (χ2n) is 3.79. The summed E-state index contributed by atoms with van der Waals surface area (Å²) in [6.07, 6.45) is 4.88. The summed E-state index contributed by atoms with van der Waals surface area (Å²) < 4.78 is 1.80. The summed E-state index contributed by atoms with van der Waals surface area (Å²) in [6, 6.07) is 0. The van der Waals surface area contributed by atoms with Crippen LogP contribution in [0.2, 0.25) is 0 Å². The van der Waals surface area contributed by atoms with Gasteiger partial charge < -0.3 is 15.4 Å². The minimum Gasteiger partial charge on any atom is -0.480 e. The zero-order chi connectivity index (χ0) is 12.5. The third-order valence-electron chi connectivity index (χ3n) is 2.59. The molecule has 18 heavy (non-hydrogen) atoms. The highest BCUT2D eigenvalue weighted by atomic mass is 16.4. The average Bonchev–Trinajstić information content (AvgIpc) is 2.93. The van der Waals surface area contributed by atoms with E-state index < -0.39 is 5.97 Å². The highest BCUT2D eigenvalue weighted by Gasteiger charge is 2.09. The van der Waals surface area contributed by atoms with Crippen LogP contribution >= 0.6 is 0 Å². The summed E-state index contributed by atoms with van der Waals surface area (Å²) in [5, 5.41) is 11.4. The highest BCUT2D eigenvalue weighted by molar-refractivity contribution is 5.84. The van der Waals surface area contributed by atoms with Gasteiger partial charge in [0.2, 0.25) is 0 Å². The molecule has 0 fully saturated rings. The maximum absolute atomic E-state index is 10.4. The SMILES string of the molecule is O=C(O)CNCc1cnc2c3[nH]cnc3ncn12. The molecular weight excluding hydrogens is 236 g/mol. The van der Waals surface area contributed by atoms with E-state index in [1.807, 2.05) is 0 Å². The van der Waals surface area contributed by atoms with Crippen molar-refractivity contribution < 1.29 is 9.90 Å². The third kappa shape index (κ3) is 1.68. The zero-order valence-corrected chi connectivity index (χ0v) is 9.29. The summed E-state index contributed by atoms with van der Waals surface area (Å²) in [7, 11) is 0. The standard InChI is InChI=1S/C10H10N6O2/c17-7(18)3-11-1-6-2-12-10-8-9(14-4-13-8)15-5-16(6)10/h2,4-5,11H,1,3H2,(H,13,14)(H,17,18). The van der Waals surface area contributed by atoms with Gasteiger partial charge in [-0.25, -0.2) is 15.0 Å². The normalized spacial score (nSPS) is 11.3. The Morgan fingerprint density at radius 1 is 1.44 bits per heavy atom. The molecule has 3 aromatic rings. The molecule has 0 aliphatic heterocycles. The number of carbonyl (C=O) groups is 1. The van der Waals surface area contributed by atoms with E-state index in [0.29, 0.717) is 12.2 Å². The number of fused-ring (bicyclic) bond motifs is 3. The van der Waals surface area contributed by atoms with Crippen molar-refractivity contribution in [3.63, 3.8) is 0 Å². The van der Waals surface area contributed by atoms with E-state index in [1.54, 1.807) is 23.3 Å². The van der Waals surface area contributed by atoms with Crippen molar-refractivity contribution in [2.45, 2.75) is 6.54 Å². The van der Waals surface area contributed by atoms with Gasteiger partial charge in [-0.1, -0.05) is 0 Å². The van der Waals surface area contributed by atoms with Gasteiger partial charge >= 0.3 is 5.97 Å². The van der Waals surface area contributed by atoms with Crippen LogP contribution in [0, 0.1) is 0 Å². The largest absolute Gasteiger partial charge is 0.480 e. The Morgan fingerprint density at radius 3 is 3.17 bits per heavy atom. The number of nitrogens with zero attached hydrogens (tertiary/aromatic N) is 4. The van der Waals surface area contributed by atoms with Crippen molar-refractivity contribution in [3.05, 3.63) is 24.5 Å². The quantitative estimate of drug-likeness (QED) is 0.587. The fourth-order valence-electron chi connectivity index (χ4n) is 1.80. The Labute approximate surface area is 101 Å². The topological polar surface area (TPSA) is 108 Å². The molecule has 0 aromatic carbocycles. The number of carboxylic acid groups (broad SMARTS) is 1. The molecule has 3 aromatic heterocycles. The number of hydrogen-bond acceptors (Lipinski definition) is 5. The molecule has 0 spiro atoms. The molecule has 0 bridgehead atoms. The van der Waals surface area contributed by atoms with Crippen LogP contribution in [0.15, 0.2) is 18.9 Å². The molecule has 8 nitrogen and oxygen atoms in total. The molecule has 0 aliphatic rings. The van der Waals surface area contributed by atoms with E-state index >= 15 is 0 Å². The van der Waals surface area contributed by atoms with Gasteiger partial charge in [-0.05, 0) is 0 Å². The molecule has 0 unspecified atom stereocenters. The van der Waals surface area contributed by atoms with Crippen molar-refractivity contribution >= 4 is 22.8 Å². The maximum atomic E-state index is 10.4. The van der Waals surface area contributed by atoms with Crippen LogP contribution in [-0.2, 0) is 11.3 Å². The maximum Gasteiger partial charge on any atom is 0.317 e.